The molecular weight excluding hydrogens is 385 g/mol. The van der Waals surface area contributed by atoms with Gasteiger partial charge in [-0.3, -0.25) is 4.79 Å². The van der Waals surface area contributed by atoms with E-state index in [1.54, 1.807) is 42.5 Å². The number of carbonyl (C=O) groups is 1. The summed E-state index contributed by atoms with van der Waals surface area (Å²) in [5.41, 5.74) is -0.553. The number of amides is 1. The Morgan fingerprint density at radius 3 is 2.21 bits per heavy atom. The Balaban J connectivity index is 1.92. The normalized spacial score (nSPS) is 10.9. The molecule has 3 aromatic rings. The van der Waals surface area contributed by atoms with Crippen LogP contribution in [0.15, 0.2) is 82.6 Å². The maximum absolute atomic E-state index is 13.2. The van der Waals surface area contributed by atoms with Crippen LogP contribution >= 0.6 is 11.8 Å². The molecule has 0 saturated carbocycles. The minimum atomic E-state index is -4.58. The highest BCUT2D eigenvalue weighted by Crippen LogP contribution is 2.36. The topological polar surface area (TPSA) is 52.9 Å². The van der Waals surface area contributed by atoms with Crippen molar-refractivity contribution in [2.24, 2.45) is 0 Å². The molecule has 28 heavy (non-hydrogen) atoms. The first kappa shape index (κ1) is 19.5. The van der Waals surface area contributed by atoms with E-state index in [-0.39, 0.29) is 11.3 Å². The fraction of sp³-hybridized carbons (Fsp3) is 0.0476. The molecule has 0 fully saturated rings. The fourth-order valence-corrected chi connectivity index (χ4v) is 3.56. The van der Waals surface area contributed by atoms with E-state index in [1.165, 1.54) is 36.0 Å². The van der Waals surface area contributed by atoms with Gasteiger partial charge in [-0.1, -0.05) is 48.2 Å². The maximum Gasteiger partial charge on any atom is 0.418 e. The minimum Gasteiger partial charge on any atom is -0.321 e. The lowest BCUT2D eigenvalue weighted by molar-refractivity contribution is -0.136. The zero-order valence-corrected chi connectivity index (χ0v) is 15.1. The number of nitriles is 1. The summed E-state index contributed by atoms with van der Waals surface area (Å²) < 4.78 is 39.5. The van der Waals surface area contributed by atoms with Crippen molar-refractivity contribution in [3.63, 3.8) is 0 Å². The molecule has 0 bridgehead atoms. The van der Waals surface area contributed by atoms with E-state index in [2.05, 4.69) is 11.4 Å². The van der Waals surface area contributed by atoms with Crippen molar-refractivity contribution in [2.45, 2.75) is 16.0 Å². The van der Waals surface area contributed by atoms with E-state index < -0.39 is 17.6 Å². The Labute approximate surface area is 163 Å². The summed E-state index contributed by atoms with van der Waals surface area (Å²) in [6.07, 6.45) is -4.58. The minimum absolute atomic E-state index is 0.220. The smallest absolute Gasteiger partial charge is 0.321 e. The maximum atomic E-state index is 13.2. The first-order chi connectivity index (χ1) is 13.4. The lowest BCUT2D eigenvalue weighted by atomic mass is 10.1. The molecule has 1 amide bonds. The van der Waals surface area contributed by atoms with Crippen molar-refractivity contribution in [2.75, 3.05) is 5.32 Å². The number of nitrogens with zero attached hydrogens (tertiary/aromatic N) is 1. The second-order valence-electron chi connectivity index (χ2n) is 5.70. The molecule has 0 heterocycles. The van der Waals surface area contributed by atoms with Gasteiger partial charge in [0.15, 0.2) is 0 Å². The van der Waals surface area contributed by atoms with Crippen molar-refractivity contribution >= 4 is 23.4 Å². The standard InChI is InChI=1S/C21H13F3N2OS/c22-21(23,24)16-9-3-4-10-17(16)26-20(27)15-8-2-6-12-19(15)28-18-11-5-1-7-14(18)13-25/h1-12H,(H,26,27). The molecule has 0 saturated heterocycles. The number of rotatable bonds is 4. The molecule has 0 unspecified atom stereocenters. The molecule has 7 heteroatoms. The van der Waals surface area contributed by atoms with Crippen LogP contribution < -0.4 is 5.32 Å². The van der Waals surface area contributed by atoms with Crippen LogP contribution in [0.4, 0.5) is 18.9 Å². The zero-order valence-electron chi connectivity index (χ0n) is 14.3. The second kappa shape index (κ2) is 8.19. The average molecular weight is 398 g/mol. The predicted molar refractivity (Wildman–Crippen MR) is 101 cm³/mol. The first-order valence-electron chi connectivity index (χ1n) is 8.13. The average Bonchev–Trinajstić information content (AvgIpc) is 2.68. The Morgan fingerprint density at radius 2 is 1.50 bits per heavy atom. The molecule has 0 radical (unpaired) electrons. The highest BCUT2D eigenvalue weighted by molar-refractivity contribution is 7.99. The number of anilines is 1. The van der Waals surface area contributed by atoms with Gasteiger partial charge in [0.25, 0.3) is 5.91 Å². The summed E-state index contributed by atoms with van der Waals surface area (Å²) >= 11 is 1.21. The van der Waals surface area contributed by atoms with E-state index in [1.807, 2.05) is 0 Å². The summed E-state index contributed by atoms with van der Waals surface area (Å²) in [4.78, 5) is 13.9. The van der Waals surface area contributed by atoms with Crippen LogP contribution in [0.3, 0.4) is 0 Å². The number of alkyl halides is 3. The SMILES string of the molecule is N#Cc1ccccc1Sc1ccccc1C(=O)Nc1ccccc1C(F)(F)F. The molecule has 0 atom stereocenters. The Hall–Kier alpha value is -3.24. The number of carbonyl (C=O) groups excluding carboxylic acids is 1. The van der Waals surface area contributed by atoms with Crippen LogP contribution in [0, 0.1) is 11.3 Å². The van der Waals surface area contributed by atoms with Crippen molar-refractivity contribution < 1.29 is 18.0 Å². The van der Waals surface area contributed by atoms with Crippen molar-refractivity contribution in [1.29, 1.82) is 5.26 Å². The van der Waals surface area contributed by atoms with Crippen LogP contribution in [0.2, 0.25) is 0 Å². The first-order valence-corrected chi connectivity index (χ1v) is 8.95. The van der Waals surface area contributed by atoms with E-state index in [0.717, 1.165) is 6.07 Å². The van der Waals surface area contributed by atoms with Gasteiger partial charge >= 0.3 is 6.18 Å². The molecule has 140 valence electrons. The highest BCUT2D eigenvalue weighted by atomic mass is 32.2. The number of para-hydroxylation sites is 1. The lowest BCUT2D eigenvalue weighted by Crippen LogP contribution is -2.17. The van der Waals surface area contributed by atoms with Crippen LogP contribution in [0.5, 0.6) is 0 Å². The quantitative estimate of drug-likeness (QED) is 0.588. The fourth-order valence-electron chi connectivity index (χ4n) is 2.54. The zero-order chi connectivity index (χ0) is 20.1. The van der Waals surface area contributed by atoms with Crippen LogP contribution in [0.1, 0.15) is 21.5 Å². The van der Waals surface area contributed by atoms with Gasteiger partial charge in [-0.15, -0.1) is 0 Å². The van der Waals surface area contributed by atoms with Gasteiger partial charge in [-0.2, -0.15) is 18.4 Å². The molecule has 0 aliphatic rings. The van der Waals surface area contributed by atoms with Gasteiger partial charge in [-0.05, 0) is 36.4 Å². The van der Waals surface area contributed by atoms with Gasteiger partial charge in [-0.25, -0.2) is 0 Å². The third kappa shape index (κ3) is 4.35. The number of hydrogen-bond donors (Lipinski definition) is 1. The Morgan fingerprint density at radius 1 is 0.893 bits per heavy atom. The number of hydrogen-bond acceptors (Lipinski definition) is 3. The van der Waals surface area contributed by atoms with Crippen molar-refractivity contribution in [3.8, 4) is 6.07 Å². The number of nitrogens with one attached hydrogen (secondary N) is 1. The molecule has 0 spiro atoms. The summed E-state index contributed by atoms with van der Waals surface area (Å²) in [6.45, 7) is 0. The molecule has 3 rings (SSSR count). The third-order valence-corrected chi connectivity index (χ3v) is 4.99. The molecule has 3 aromatic carbocycles. The van der Waals surface area contributed by atoms with Gasteiger partial charge in [0.05, 0.1) is 22.4 Å². The monoisotopic (exact) mass is 398 g/mol. The molecule has 1 N–H and O–H groups in total. The molecule has 0 aliphatic heterocycles. The number of benzene rings is 3. The van der Waals surface area contributed by atoms with E-state index in [9.17, 15) is 23.2 Å². The van der Waals surface area contributed by atoms with Gasteiger partial charge in [0.2, 0.25) is 0 Å². The van der Waals surface area contributed by atoms with Gasteiger partial charge in [0, 0.05) is 9.79 Å². The summed E-state index contributed by atoms with van der Waals surface area (Å²) in [7, 11) is 0. The summed E-state index contributed by atoms with van der Waals surface area (Å²) in [6, 6.07) is 20.4. The molecule has 0 aromatic heterocycles. The third-order valence-electron chi connectivity index (χ3n) is 3.84. The summed E-state index contributed by atoms with van der Waals surface area (Å²) in [5.74, 6) is -0.658. The Bertz CT molecular complexity index is 1060. The van der Waals surface area contributed by atoms with E-state index in [4.69, 9.17) is 0 Å². The molecule has 0 aliphatic carbocycles. The lowest BCUT2D eigenvalue weighted by Gasteiger charge is -2.15. The van der Waals surface area contributed by atoms with Crippen molar-refractivity contribution in [1.82, 2.24) is 0 Å². The Kier molecular flexibility index (Phi) is 5.71. The van der Waals surface area contributed by atoms with E-state index in [0.29, 0.717) is 15.4 Å². The van der Waals surface area contributed by atoms with Crippen LogP contribution in [0.25, 0.3) is 0 Å². The molecule has 3 nitrogen and oxygen atoms in total. The van der Waals surface area contributed by atoms with Gasteiger partial charge in [0.1, 0.15) is 6.07 Å². The second-order valence-corrected chi connectivity index (χ2v) is 6.79. The van der Waals surface area contributed by atoms with Crippen LogP contribution in [-0.2, 0) is 6.18 Å². The summed E-state index contributed by atoms with van der Waals surface area (Å²) in [5, 5.41) is 11.6. The number of halogens is 3. The van der Waals surface area contributed by atoms with E-state index >= 15 is 0 Å². The highest BCUT2D eigenvalue weighted by Gasteiger charge is 2.33. The van der Waals surface area contributed by atoms with Gasteiger partial charge < -0.3 is 5.32 Å². The predicted octanol–water partition coefficient (Wildman–Crippen LogP) is 5.98. The molecular formula is C21H13F3N2OS. The van der Waals surface area contributed by atoms with Crippen molar-refractivity contribution in [3.05, 3.63) is 89.5 Å². The largest absolute Gasteiger partial charge is 0.418 e. The van der Waals surface area contributed by atoms with Crippen LogP contribution in [-0.4, -0.2) is 5.91 Å².